The van der Waals surface area contributed by atoms with Gasteiger partial charge in [0.2, 0.25) is 11.8 Å². The van der Waals surface area contributed by atoms with Crippen LogP contribution in [0.5, 0.6) is 0 Å². The van der Waals surface area contributed by atoms with Crippen LogP contribution in [-0.4, -0.2) is 58.1 Å². The Kier molecular flexibility index (Phi) is 4.42. The number of rotatable bonds is 5. The number of likely N-dealkylation sites (tertiary alicyclic amines) is 1. The zero-order valence-electron chi connectivity index (χ0n) is 12.4. The van der Waals surface area contributed by atoms with Crippen LogP contribution in [-0.2, 0) is 23.1 Å². The highest BCUT2D eigenvalue weighted by molar-refractivity contribution is 5.86. The van der Waals surface area contributed by atoms with E-state index in [4.69, 9.17) is 0 Å². The molecule has 1 fully saturated rings. The fourth-order valence-electron chi connectivity index (χ4n) is 2.36. The van der Waals surface area contributed by atoms with Gasteiger partial charge >= 0.3 is 0 Å². The zero-order valence-corrected chi connectivity index (χ0v) is 12.4. The van der Waals surface area contributed by atoms with Crippen molar-refractivity contribution in [3.05, 3.63) is 18.0 Å². The third-order valence-corrected chi connectivity index (χ3v) is 3.81. The van der Waals surface area contributed by atoms with Crippen molar-refractivity contribution in [2.45, 2.75) is 19.8 Å². The maximum absolute atomic E-state index is 12.1. The minimum Gasteiger partial charge on any atom is -0.344 e. The quantitative estimate of drug-likeness (QED) is 0.778. The number of likely N-dealkylation sites (N-methyl/N-ethyl adjacent to an activating group) is 1. The predicted molar refractivity (Wildman–Crippen MR) is 74.9 cm³/mol. The van der Waals surface area contributed by atoms with Gasteiger partial charge in [-0.05, 0) is 18.4 Å². The summed E-state index contributed by atoms with van der Waals surface area (Å²) in [5.41, 5.74) is 1.11. The van der Waals surface area contributed by atoms with Crippen LogP contribution >= 0.6 is 0 Å². The maximum atomic E-state index is 12.1. The standard InChI is InChI=1S/C14H22N4O2/c1-11-4-7-18(14(11)20)10-13(19)16(2)6-5-12-8-15-17(3)9-12/h8-9,11H,4-7,10H2,1-3H3. The second-order valence-electron chi connectivity index (χ2n) is 5.54. The van der Waals surface area contributed by atoms with Gasteiger partial charge in [0.1, 0.15) is 0 Å². The van der Waals surface area contributed by atoms with Crippen LogP contribution in [0, 0.1) is 5.92 Å². The van der Waals surface area contributed by atoms with Gasteiger partial charge in [0.15, 0.2) is 0 Å². The second-order valence-corrected chi connectivity index (χ2v) is 5.54. The number of nitrogens with zero attached hydrogens (tertiary/aromatic N) is 4. The molecular weight excluding hydrogens is 256 g/mol. The summed E-state index contributed by atoms with van der Waals surface area (Å²) in [6.45, 7) is 3.45. The van der Waals surface area contributed by atoms with Gasteiger partial charge in [0.25, 0.3) is 0 Å². The molecule has 1 aromatic rings. The Labute approximate surface area is 119 Å². The van der Waals surface area contributed by atoms with E-state index in [2.05, 4.69) is 5.10 Å². The molecule has 0 N–H and O–H groups in total. The molecule has 2 amide bonds. The molecular formula is C14H22N4O2. The fourth-order valence-corrected chi connectivity index (χ4v) is 2.36. The molecule has 0 radical (unpaired) electrons. The summed E-state index contributed by atoms with van der Waals surface area (Å²) in [6.07, 6.45) is 5.39. The van der Waals surface area contributed by atoms with Crippen LogP contribution in [0.1, 0.15) is 18.9 Å². The molecule has 2 heterocycles. The highest BCUT2D eigenvalue weighted by Crippen LogP contribution is 2.16. The fraction of sp³-hybridized carbons (Fsp3) is 0.643. The summed E-state index contributed by atoms with van der Waals surface area (Å²) >= 11 is 0. The molecule has 0 aliphatic carbocycles. The molecule has 2 rings (SSSR count). The van der Waals surface area contributed by atoms with Crippen LogP contribution in [0.2, 0.25) is 0 Å². The van der Waals surface area contributed by atoms with Gasteiger partial charge in [-0.3, -0.25) is 14.3 Å². The molecule has 1 aromatic heterocycles. The Morgan fingerprint density at radius 3 is 2.85 bits per heavy atom. The predicted octanol–water partition coefficient (Wildman–Crippen LogP) is 0.289. The minimum absolute atomic E-state index is 0.00339. The normalized spacial score (nSPS) is 18.6. The van der Waals surface area contributed by atoms with Crippen molar-refractivity contribution in [3.63, 3.8) is 0 Å². The molecule has 1 unspecified atom stereocenters. The topological polar surface area (TPSA) is 58.4 Å². The minimum atomic E-state index is -0.00339. The molecule has 1 aliphatic rings. The zero-order chi connectivity index (χ0) is 14.7. The van der Waals surface area contributed by atoms with Gasteiger partial charge in [-0.1, -0.05) is 6.92 Å². The number of amides is 2. The number of hydrogen-bond donors (Lipinski definition) is 0. The van der Waals surface area contributed by atoms with Gasteiger partial charge in [-0.25, -0.2) is 0 Å². The number of aromatic nitrogens is 2. The van der Waals surface area contributed by atoms with Crippen molar-refractivity contribution in [2.75, 3.05) is 26.7 Å². The molecule has 0 aromatic carbocycles. The number of hydrogen-bond acceptors (Lipinski definition) is 3. The summed E-state index contributed by atoms with van der Waals surface area (Å²) in [5, 5.41) is 4.10. The number of carbonyl (C=O) groups excluding carboxylic acids is 2. The molecule has 6 heteroatoms. The van der Waals surface area contributed by atoms with Gasteiger partial charge in [0.05, 0.1) is 12.7 Å². The van der Waals surface area contributed by atoms with E-state index in [1.807, 2.05) is 26.4 Å². The molecule has 20 heavy (non-hydrogen) atoms. The molecule has 1 atom stereocenters. The second kappa shape index (κ2) is 6.07. The maximum Gasteiger partial charge on any atom is 0.241 e. The summed E-state index contributed by atoms with van der Waals surface area (Å²) in [7, 11) is 3.65. The highest BCUT2D eigenvalue weighted by Gasteiger charge is 2.29. The lowest BCUT2D eigenvalue weighted by atomic mass is 10.1. The summed E-state index contributed by atoms with van der Waals surface area (Å²) in [4.78, 5) is 27.2. The first-order valence-electron chi connectivity index (χ1n) is 6.97. The Bertz CT molecular complexity index is 497. The average molecular weight is 278 g/mol. The summed E-state index contributed by atoms with van der Waals surface area (Å²) in [5.74, 6) is 0.152. The molecule has 110 valence electrons. The van der Waals surface area contributed by atoms with Crippen molar-refractivity contribution < 1.29 is 9.59 Å². The first kappa shape index (κ1) is 14.6. The van der Waals surface area contributed by atoms with E-state index in [0.717, 1.165) is 18.4 Å². The summed E-state index contributed by atoms with van der Waals surface area (Å²) < 4.78 is 1.75. The van der Waals surface area contributed by atoms with Crippen LogP contribution < -0.4 is 0 Å². The third-order valence-electron chi connectivity index (χ3n) is 3.81. The van der Waals surface area contributed by atoms with Crippen molar-refractivity contribution >= 4 is 11.8 Å². The van der Waals surface area contributed by atoms with Crippen molar-refractivity contribution in [1.82, 2.24) is 19.6 Å². The molecule has 1 aliphatic heterocycles. The number of aryl methyl sites for hydroxylation is 1. The van der Waals surface area contributed by atoms with E-state index in [1.165, 1.54) is 0 Å². The monoisotopic (exact) mass is 278 g/mol. The largest absolute Gasteiger partial charge is 0.344 e. The highest BCUT2D eigenvalue weighted by atomic mass is 16.2. The van der Waals surface area contributed by atoms with Gasteiger partial charge in [-0.15, -0.1) is 0 Å². The lowest BCUT2D eigenvalue weighted by Crippen LogP contribution is -2.40. The van der Waals surface area contributed by atoms with E-state index < -0.39 is 0 Å². The van der Waals surface area contributed by atoms with Crippen LogP contribution in [0.4, 0.5) is 0 Å². The van der Waals surface area contributed by atoms with Crippen molar-refractivity contribution in [3.8, 4) is 0 Å². The van der Waals surface area contributed by atoms with E-state index in [0.29, 0.717) is 13.1 Å². The Hall–Kier alpha value is -1.85. The Balaban J connectivity index is 1.79. The summed E-state index contributed by atoms with van der Waals surface area (Å²) in [6, 6.07) is 0. The first-order chi connectivity index (χ1) is 9.47. The lowest BCUT2D eigenvalue weighted by molar-refractivity contribution is -0.138. The first-order valence-corrected chi connectivity index (χ1v) is 6.97. The van der Waals surface area contributed by atoms with E-state index in [-0.39, 0.29) is 24.3 Å². The van der Waals surface area contributed by atoms with Gasteiger partial charge in [0, 0.05) is 39.3 Å². The number of carbonyl (C=O) groups is 2. The van der Waals surface area contributed by atoms with E-state index >= 15 is 0 Å². The third kappa shape index (κ3) is 3.37. The molecule has 0 bridgehead atoms. The SMILES string of the molecule is CC1CCN(CC(=O)N(C)CCc2cnn(C)c2)C1=O. The van der Waals surface area contributed by atoms with Gasteiger partial charge < -0.3 is 9.80 Å². The van der Waals surface area contributed by atoms with Crippen molar-refractivity contribution in [2.24, 2.45) is 13.0 Å². The van der Waals surface area contributed by atoms with Crippen LogP contribution in [0.3, 0.4) is 0 Å². The van der Waals surface area contributed by atoms with Crippen LogP contribution in [0.15, 0.2) is 12.4 Å². The molecule has 6 nitrogen and oxygen atoms in total. The smallest absolute Gasteiger partial charge is 0.241 e. The Morgan fingerprint density at radius 2 is 2.30 bits per heavy atom. The Morgan fingerprint density at radius 1 is 1.55 bits per heavy atom. The molecule has 0 saturated carbocycles. The van der Waals surface area contributed by atoms with Crippen molar-refractivity contribution in [1.29, 1.82) is 0 Å². The van der Waals surface area contributed by atoms with E-state index in [1.54, 1.807) is 21.5 Å². The average Bonchev–Trinajstić information content (AvgIpc) is 2.96. The van der Waals surface area contributed by atoms with E-state index in [9.17, 15) is 9.59 Å². The molecule has 0 spiro atoms. The van der Waals surface area contributed by atoms with Crippen LogP contribution in [0.25, 0.3) is 0 Å². The molecule has 1 saturated heterocycles. The van der Waals surface area contributed by atoms with Gasteiger partial charge in [-0.2, -0.15) is 5.10 Å². The lowest BCUT2D eigenvalue weighted by Gasteiger charge is -2.21.